The highest BCUT2D eigenvalue weighted by atomic mass is 127. The molecule has 0 amide bonds. The van der Waals surface area contributed by atoms with Crippen molar-refractivity contribution in [2.75, 3.05) is 7.11 Å². The molecule has 0 aliphatic carbocycles. The van der Waals surface area contributed by atoms with Gasteiger partial charge in [-0.25, -0.2) is 9.97 Å². The van der Waals surface area contributed by atoms with E-state index in [9.17, 15) is 0 Å². The highest BCUT2D eigenvalue weighted by molar-refractivity contribution is 14.1. The fourth-order valence-corrected chi connectivity index (χ4v) is 2.23. The Kier molecular flexibility index (Phi) is 4.77. The molecular weight excluding hydrogens is 386 g/mol. The van der Waals surface area contributed by atoms with Crippen LogP contribution >= 0.6 is 45.8 Å². The number of aromatic nitrogens is 2. The summed E-state index contributed by atoms with van der Waals surface area (Å²) in [5.41, 5.74) is 1.60. The summed E-state index contributed by atoms with van der Waals surface area (Å²) in [7, 11) is 1.62. The molecule has 3 nitrogen and oxygen atoms in total. The van der Waals surface area contributed by atoms with Gasteiger partial charge >= 0.3 is 0 Å². The van der Waals surface area contributed by atoms with E-state index in [4.69, 9.17) is 27.9 Å². The van der Waals surface area contributed by atoms with E-state index < -0.39 is 0 Å². The standard InChI is InChI=1S/C12H9Cl2IN2O/c1-18-6-9-10(15)11(14)17-12(16-9)7-3-2-4-8(13)5-7/h2-5H,6H2,1H3. The molecule has 0 saturated carbocycles. The van der Waals surface area contributed by atoms with Crippen LogP contribution in [0, 0.1) is 3.57 Å². The molecule has 0 atom stereocenters. The summed E-state index contributed by atoms with van der Waals surface area (Å²) >= 11 is 14.2. The van der Waals surface area contributed by atoms with Gasteiger partial charge in [0.25, 0.3) is 0 Å². The average molecular weight is 395 g/mol. The number of hydrogen-bond acceptors (Lipinski definition) is 3. The normalized spacial score (nSPS) is 10.7. The number of hydrogen-bond donors (Lipinski definition) is 0. The van der Waals surface area contributed by atoms with Gasteiger partial charge in [-0.1, -0.05) is 35.3 Å². The minimum Gasteiger partial charge on any atom is -0.378 e. The van der Waals surface area contributed by atoms with E-state index in [1.165, 1.54) is 0 Å². The zero-order valence-electron chi connectivity index (χ0n) is 9.45. The summed E-state index contributed by atoms with van der Waals surface area (Å²) in [6.07, 6.45) is 0. The smallest absolute Gasteiger partial charge is 0.161 e. The Labute approximate surface area is 129 Å². The summed E-state index contributed by atoms with van der Waals surface area (Å²) in [5.74, 6) is 0.551. The highest BCUT2D eigenvalue weighted by Gasteiger charge is 2.12. The van der Waals surface area contributed by atoms with Gasteiger partial charge in [0.05, 0.1) is 15.9 Å². The molecule has 6 heteroatoms. The Hall–Kier alpha value is -0.430. The molecule has 1 aromatic heterocycles. The molecule has 0 unspecified atom stereocenters. The maximum absolute atomic E-state index is 6.10. The molecule has 1 heterocycles. The fourth-order valence-electron chi connectivity index (χ4n) is 1.45. The van der Waals surface area contributed by atoms with Crippen LogP contribution in [0.15, 0.2) is 24.3 Å². The number of ether oxygens (including phenoxy) is 1. The van der Waals surface area contributed by atoms with Crippen LogP contribution in [-0.2, 0) is 11.3 Å². The predicted octanol–water partition coefficient (Wildman–Crippen LogP) is 4.20. The van der Waals surface area contributed by atoms with Crippen molar-refractivity contribution in [3.63, 3.8) is 0 Å². The summed E-state index contributed by atoms with van der Waals surface area (Å²) in [6, 6.07) is 7.34. The molecule has 94 valence electrons. The molecule has 2 aromatic rings. The van der Waals surface area contributed by atoms with Gasteiger partial charge in [-0.05, 0) is 34.7 Å². The first-order valence-corrected chi connectivity index (χ1v) is 6.92. The second kappa shape index (κ2) is 6.14. The van der Waals surface area contributed by atoms with E-state index in [1.807, 2.05) is 12.1 Å². The number of nitrogens with zero attached hydrogens (tertiary/aromatic N) is 2. The zero-order valence-corrected chi connectivity index (χ0v) is 13.1. The van der Waals surface area contributed by atoms with Gasteiger partial charge in [0, 0.05) is 17.7 Å². The number of benzene rings is 1. The van der Waals surface area contributed by atoms with Crippen LogP contribution in [0.3, 0.4) is 0 Å². The number of rotatable bonds is 3. The second-order valence-corrected chi connectivity index (χ2v) is 5.42. The van der Waals surface area contributed by atoms with Gasteiger partial charge in [0.1, 0.15) is 5.15 Å². The van der Waals surface area contributed by atoms with Crippen molar-refractivity contribution in [1.82, 2.24) is 9.97 Å². The van der Waals surface area contributed by atoms with Crippen molar-refractivity contribution in [3.05, 3.63) is 43.7 Å². The lowest BCUT2D eigenvalue weighted by atomic mass is 10.2. The van der Waals surface area contributed by atoms with Crippen LogP contribution in [0.25, 0.3) is 11.4 Å². The van der Waals surface area contributed by atoms with Crippen LogP contribution in [0.4, 0.5) is 0 Å². The van der Waals surface area contributed by atoms with Gasteiger partial charge in [-0.15, -0.1) is 0 Å². The van der Waals surface area contributed by atoms with Gasteiger partial charge in [-0.3, -0.25) is 0 Å². The molecular formula is C12H9Cl2IN2O. The lowest BCUT2D eigenvalue weighted by Crippen LogP contribution is -2.02. The maximum atomic E-state index is 6.10. The monoisotopic (exact) mass is 394 g/mol. The molecule has 0 spiro atoms. The summed E-state index contributed by atoms with van der Waals surface area (Å²) in [4.78, 5) is 8.71. The van der Waals surface area contributed by atoms with Gasteiger partial charge in [0.15, 0.2) is 5.82 Å². The summed E-state index contributed by atoms with van der Waals surface area (Å²) in [5, 5.41) is 1.06. The molecule has 0 saturated heterocycles. The molecule has 18 heavy (non-hydrogen) atoms. The van der Waals surface area contributed by atoms with Gasteiger partial charge < -0.3 is 4.74 Å². The molecule has 1 aromatic carbocycles. The average Bonchev–Trinajstić information content (AvgIpc) is 2.35. The van der Waals surface area contributed by atoms with E-state index in [-0.39, 0.29) is 0 Å². The Morgan fingerprint density at radius 3 is 2.72 bits per heavy atom. The molecule has 0 aliphatic rings. The van der Waals surface area contributed by atoms with Crippen LogP contribution in [-0.4, -0.2) is 17.1 Å². The topological polar surface area (TPSA) is 35.0 Å². The van der Waals surface area contributed by atoms with Crippen LogP contribution in [0.5, 0.6) is 0 Å². The Balaban J connectivity index is 2.51. The van der Waals surface area contributed by atoms with Crippen molar-refractivity contribution in [2.45, 2.75) is 6.61 Å². The van der Waals surface area contributed by atoms with Crippen molar-refractivity contribution in [2.24, 2.45) is 0 Å². The fraction of sp³-hybridized carbons (Fsp3) is 0.167. The molecule has 0 fully saturated rings. The van der Waals surface area contributed by atoms with E-state index in [2.05, 4.69) is 32.6 Å². The molecule has 2 rings (SSSR count). The van der Waals surface area contributed by atoms with Gasteiger partial charge in [0.2, 0.25) is 0 Å². The van der Waals surface area contributed by atoms with Crippen LogP contribution < -0.4 is 0 Å². The summed E-state index contributed by atoms with van der Waals surface area (Å²) in [6.45, 7) is 0.397. The molecule has 0 N–H and O–H groups in total. The van der Waals surface area contributed by atoms with Crippen LogP contribution in [0.1, 0.15) is 5.69 Å². The largest absolute Gasteiger partial charge is 0.378 e. The second-order valence-electron chi connectivity index (χ2n) is 3.54. The van der Waals surface area contributed by atoms with E-state index in [0.717, 1.165) is 14.8 Å². The van der Waals surface area contributed by atoms with Crippen molar-refractivity contribution < 1.29 is 4.74 Å². The summed E-state index contributed by atoms with van der Waals surface area (Å²) < 4.78 is 5.91. The van der Waals surface area contributed by atoms with Gasteiger partial charge in [-0.2, -0.15) is 0 Å². The third-order valence-electron chi connectivity index (χ3n) is 2.24. The predicted molar refractivity (Wildman–Crippen MR) is 80.9 cm³/mol. The minimum atomic E-state index is 0.397. The first-order valence-electron chi connectivity index (χ1n) is 5.08. The third kappa shape index (κ3) is 3.12. The van der Waals surface area contributed by atoms with Crippen molar-refractivity contribution in [3.8, 4) is 11.4 Å². The lowest BCUT2D eigenvalue weighted by molar-refractivity contribution is 0.181. The molecule has 0 aliphatic heterocycles. The van der Waals surface area contributed by atoms with E-state index in [1.54, 1.807) is 19.2 Å². The zero-order chi connectivity index (χ0) is 13.1. The number of halogens is 3. The SMILES string of the molecule is COCc1nc(-c2cccc(Cl)c2)nc(Cl)c1I. The van der Waals surface area contributed by atoms with Crippen molar-refractivity contribution >= 4 is 45.8 Å². The number of methoxy groups -OCH3 is 1. The maximum Gasteiger partial charge on any atom is 0.161 e. The quantitative estimate of drug-likeness (QED) is 0.578. The minimum absolute atomic E-state index is 0.397. The van der Waals surface area contributed by atoms with Crippen LogP contribution in [0.2, 0.25) is 10.2 Å². The lowest BCUT2D eigenvalue weighted by Gasteiger charge is -2.07. The first kappa shape index (κ1) is 14.0. The Morgan fingerprint density at radius 1 is 1.28 bits per heavy atom. The first-order chi connectivity index (χ1) is 8.61. The third-order valence-corrected chi connectivity index (χ3v) is 4.20. The van der Waals surface area contributed by atoms with Crippen molar-refractivity contribution in [1.29, 1.82) is 0 Å². The molecule has 0 bridgehead atoms. The Morgan fingerprint density at radius 2 is 2.06 bits per heavy atom. The molecule has 0 radical (unpaired) electrons. The van der Waals surface area contributed by atoms with E-state index in [0.29, 0.717) is 22.6 Å². The Bertz CT molecular complexity index is 578. The van der Waals surface area contributed by atoms with E-state index >= 15 is 0 Å². The highest BCUT2D eigenvalue weighted by Crippen LogP contribution is 2.25.